The van der Waals surface area contributed by atoms with Crippen LogP contribution in [0.1, 0.15) is 42.7 Å². The summed E-state index contributed by atoms with van der Waals surface area (Å²) in [7, 11) is 0. The first-order chi connectivity index (χ1) is 10.6. The molecule has 118 valence electrons. The number of fused-ring (bicyclic) bond motifs is 3. The summed E-state index contributed by atoms with van der Waals surface area (Å²) in [6, 6.07) is 8.48. The summed E-state index contributed by atoms with van der Waals surface area (Å²) in [5, 5.41) is 14.7. The minimum absolute atomic E-state index is 0.210. The molecule has 1 aliphatic rings. The molecule has 22 heavy (non-hydrogen) atoms. The van der Waals surface area contributed by atoms with Crippen LogP contribution in [0, 0.1) is 0 Å². The predicted octanol–water partition coefficient (Wildman–Crippen LogP) is 2.52. The molecule has 1 unspecified atom stereocenters. The van der Waals surface area contributed by atoms with Crippen molar-refractivity contribution in [1.29, 1.82) is 0 Å². The molecule has 2 aromatic rings. The fourth-order valence-electron chi connectivity index (χ4n) is 3.33. The van der Waals surface area contributed by atoms with E-state index in [0.29, 0.717) is 25.6 Å². The van der Waals surface area contributed by atoms with Gasteiger partial charge in [0.1, 0.15) is 0 Å². The van der Waals surface area contributed by atoms with Crippen LogP contribution >= 0.6 is 0 Å². The number of aliphatic hydroxyl groups is 1. The maximum atomic E-state index is 12.4. The van der Waals surface area contributed by atoms with E-state index >= 15 is 0 Å². The Hall–Kier alpha value is -1.65. The summed E-state index contributed by atoms with van der Waals surface area (Å²) >= 11 is 0. The Morgan fingerprint density at radius 1 is 1.27 bits per heavy atom. The summed E-state index contributed by atoms with van der Waals surface area (Å²) in [6.45, 7) is 5.11. The van der Waals surface area contributed by atoms with Crippen molar-refractivity contribution in [3.8, 4) is 0 Å². The fraction of sp³-hybridized carbons (Fsp3) is 0.500. The number of ketones is 1. The highest BCUT2D eigenvalue weighted by molar-refractivity contribution is 6.04. The van der Waals surface area contributed by atoms with E-state index in [1.54, 1.807) is 0 Å². The zero-order valence-corrected chi connectivity index (χ0v) is 13.3. The molecule has 1 aliphatic carbocycles. The zero-order chi connectivity index (χ0) is 15.7. The van der Waals surface area contributed by atoms with Gasteiger partial charge in [-0.05, 0) is 24.5 Å². The van der Waals surface area contributed by atoms with Crippen molar-refractivity contribution >= 4 is 16.7 Å². The number of benzene rings is 1. The number of rotatable bonds is 5. The predicted molar refractivity (Wildman–Crippen MR) is 88.4 cm³/mol. The molecule has 4 heteroatoms. The molecule has 0 fully saturated rings. The van der Waals surface area contributed by atoms with Gasteiger partial charge in [0, 0.05) is 29.9 Å². The Morgan fingerprint density at radius 2 is 2.05 bits per heavy atom. The maximum absolute atomic E-state index is 12.4. The van der Waals surface area contributed by atoms with Crippen LogP contribution in [0.5, 0.6) is 0 Å². The second kappa shape index (κ2) is 6.23. The molecule has 0 saturated carbocycles. The van der Waals surface area contributed by atoms with Crippen LogP contribution < -0.4 is 5.32 Å². The van der Waals surface area contributed by atoms with Crippen LogP contribution in [0.3, 0.4) is 0 Å². The lowest BCUT2D eigenvalue weighted by Crippen LogP contribution is -2.35. The fourth-order valence-corrected chi connectivity index (χ4v) is 3.33. The monoisotopic (exact) mass is 300 g/mol. The molecule has 1 aromatic carbocycles. The zero-order valence-electron chi connectivity index (χ0n) is 13.3. The Labute approximate surface area is 131 Å². The highest BCUT2D eigenvalue weighted by atomic mass is 16.3. The van der Waals surface area contributed by atoms with Crippen molar-refractivity contribution in [3.63, 3.8) is 0 Å². The van der Waals surface area contributed by atoms with Gasteiger partial charge in [-0.15, -0.1) is 0 Å². The molecule has 4 nitrogen and oxygen atoms in total. The van der Waals surface area contributed by atoms with Crippen LogP contribution in [-0.4, -0.2) is 34.1 Å². The van der Waals surface area contributed by atoms with Gasteiger partial charge in [0.2, 0.25) is 0 Å². The number of hydrogen-bond donors (Lipinski definition) is 2. The number of aryl methyl sites for hydroxylation is 1. The minimum atomic E-state index is -0.503. The first kappa shape index (κ1) is 15.3. The van der Waals surface area contributed by atoms with E-state index in [-0.39, 0.29) is 5.78 Å². The molecule has 0 amide bonds. The average Bonchev–Trinajstić information content (AvgIpc) is 2.81. The lowest BCUT2D eigenvalue weighted by molar-refractivity contribution is 0.0956. The SMILES string of the molecule is CC(C)NCC(O)Cn1c2c(c3ccccc31)CCCC2=O. The third kappa shape index (κ3) is 2.81. The number of nitrogens with zero attached hydrogens (tertiary/aromatic N) is 1. The van der Waals surface area contributed by atoms with Gasteiger partial charge in [0.05, 0.1) is 18.3 Å². The second-order valence-electron chi connectivity index (χ2n) is 6.45. The molecule has 2 N–H and O–H groups in total. The van der Waals surface area contributed by atoms with Gasteiger partial charge < -0.3 is 15.0 Å². The van der Waals surface area contributed by atoms with Crippen molar-refractivity contribution in [2.45, 2.75) is 51.8 Å². The summed E-state index contributed by atoms with van der Waals surface area (Å²) in [5.74, 6) is 0.210. The van der Waals surface area contributed by atoms with Gasteiger partial charge in [-0.1, -0.05) is 32.0 Å². The molecule has 0 spiro atoms. The molecule has 1 atom stereocenters. The average molecular weight is 300 g/mol. The highest BCUT2D eigenvalue weighted by Crippen LogP contribution is 2.32. The molecule has 0 bridgehead atoms. The topological polar surface area (TPSA) is 54.3 Å². The Balaban J connectivity index is 1.98. The van der Waals surface area contributed by atoms with Crippen molar-refractivity contribution in [2.75, 3.05) is 6.54 Å². The van der Waals surface area contributed by atoms with Crippen molar-refractivity contribution in [2.24, 2.45) is 0 Å². The number of hydrogen-bond acceptors (Lipinski definition) is 3. The molecule has 0 radical (unpaired) electrons. The van der Waals surface area contributed by atoms with Gasteiger partial charge in [0.15, 0.2) is 5.78 Å². The lowest BCUT2D eigenvalue weighted by atomic mass is 9.94. The number of para-hydroxylation sites is 1. The highest BCUT2D eigenvalue weighted by Gasteiger charge is 2.26. The minimum Gasteiger partial charge on any atom is -0.390 e. The first-order valence-corrected chi connectivity index (χ1v) is 8.12. The molecule has 1 aromatic heterocycles. The Kier molecular flexibility index (Phi) is 4.32. The normalized spacial score (nSPS) is 16.3. The standard InChI is InChI=1S/C18H24N2O2/c1-12(2)19-10-13(21)11-20-16-8-4-3-6-14(16)15-7-5-9-17(22)18(15)20/h3-4,6,8,12-13,19,21H,5,7,9-11H2,1-2H3. The van der Waals surface area contributed by atoms with Gasteiger partial charge in [-0.3, -0.25) is 4.79 Å². The van der Waals surface area contributed by atoms with E-state index < -0.39 is 6.10 Å². The third-order valence-corrected chi connectivity index (χ3v) is 4.33. The van der Waals surface area contributed by atoms with Crippen molar-refractivity contribution < 1.29 is 9.90 Å². The maximum Gasteiger partial charge on any atom is 0.179 e. The van der Waals surface area contributed by atoms with Gasteiger partial charge >= 0.3 is 0 Å². The number of carbonyl (C=O) groups is 1. The van der Waals surface area contributed by atoms with Crippen molar-refractivity contribution in [1.82, 2.24) is 9.88 Å². The summed E-state index contributed by atoms with van der Waals surface area (Å²) in [4.78, 5) is 12.4. The van der Waals surface area contributed by atoms with E-state index in [1.807, 2.05) is 22.8 Å². The molecule has 0 saturated heterocycles. The molecular weight excluding hydrogens is 276 g/mol. The lowest BCUT2D eigenvalue weighted by Gasteiger charge is -2.19. The van der Waals surface area contributed by atoms with E-state index in [2.05, 4.69) is 25.2 Å². The number of aliphatic hydroxyl groups excluding tert-OH is 1. The van der Waals surface area contributed by atoms with Crippen LogP contribution in [0.4, 0.5) is 0 Å². The number of carbonyl (C=O) groups excluding carboxylic acids is 1. The van der Waals surface area contributed by atoms with E-state index in [0.717, 1.165) is 35.0 Å². The van der Waals surface area contributed by atoms with Crippen LogP contribution in [-0.2, 0) is 13.0 Å². The quantitative estimate of drug-likeness (QED) is 0.892. The first-order valence-electron chi connectivity index (χ1n) is 8.12. The van der Waals surface area contributed by atoms with E-state index in [4.69, 9.17) is 0 Å². The summed E-state index contributed by atoms with van der Waals surface area (Å²) in [5.41, 5.74) is 3.04. The summed E-state index contributed by atoms with van der Waals surface area (Å²) < 4.78 is 2.03. The number of aromatic nitrogens is 1. The second-order valence-corrected chi connectivity index (χ2v) is 6.45. The molecule has 3 rings (SSSR count). The van der Waals surface area contributed by atoms with Gasteiger partial charge in [-0.2, -0.15) is 0 Å². The molecule has 1 heterocycles. The third-order valence-electron chi connectivity index (χ3n) is 4.33. The van der Waals surface area contributed by atoms with Gasteiger partial charge in [-0.25, -0.2) is 0 Å². The van der Waals surface area contributed by atoms with Gasteiger partial charge in [0.25, 0.3) is 0 Å². The van der Waals surface area contributed by atoms with Crippen LogP contribution in [0.25, 0.3) is 10.9 Å². The summed E-state index contributed by atoms with van der Waals surface area (Å²) in [6.07, 6.45) is 1.99. The number of Topliss-reactive ketones (excluding diaryl/α,β-unsaturated/α-hetero) is 1. The molecular formula is C18H24N2O2. The van der Waals surface area contributed by atoms with Crippen LogP contribution in [0.2, 0.25) is 0 Å². The molecule has 0 aliphatic heterocycles. The Morgan fingerprint density at radius 3 is 2.82 bits per heavy atom. The van der Waals surface area contributed by atoms with Crippen molar-refractivity contribution in [3.05, 3.63) is 35.5 Å². The van der Waals surface area contributed by atoms with E-state index in [1.165, 1.54) is 0 Å². The smallest absolute Gasteiger partial charge is 0.179 e. The van der Waals surface area contributed by atoms with E-state index in [9.17, 15) is 9.90 Å². The Bertz CT molecular complexity index is 688. The largest absolute Gasteiger partial charge is 0.390 e. The number of nitrogens with one attached hydrogen (secondary N) is 1. The van der Waals surface area contributed by atoms with Crippen LogP contribution in [0.15, 0.2) is 24.3 Å².